The van der Waals surface area contributed by atoms with Crippen LogP contribution in [0.3, 0.4) is 0 Å². The second-order valence-electron chi connectivity index (χ2n) is 13.0. The van der Waals surface area contributed by atoms with E-state index in [0.29, 0.717) is 11.1 Å². The summed E-state index contributed by atoms with van der Waals surface area (Å²) in [7, 11) is -4.23. The number of piperidine rings is 1. The molecule has 2 aliphatic heterocycles. The molecule has 52 heavy (non-hydrogen) atoms. The van der Waals surface area contributed by atoms with Crippen molar-refractivity contribution in [2.45, 2.75) is 37.8 Å². The monoisotopic (exact) mass is 731 g/mol. The van der Waals surface area contributed by atoms with Gasteiger partial charge in [0.25, 0.3) is 21.8 Å². The molecule has 4 bridgehead atoms. The molecule has 0 saturated carbocycles. The molecule has 16 heteroatoms. The van der Waals surface area contributed by atoms with Crippen LogP contribution in [0.2, 0.25) is 0 Å². The summed E-state index contributed by atoms with van der Waals surface area (Å²) < 4.78 is 77.9. The van der Waals surface area contributed by atoms with Crippen LogP contribution in [0.1, 0.15) is 50.4 Å². The fourth-order valence-electron chi connectivity index (χ4n) is 6.58. The van der Waals surface area contributed by atoms with Crippen molar-refractivity contribution in [1.82, 2.24) is 30.2 Å². The van der Waals surface area contributed by atoms with Crippen molar-refractivity contribution >= 4 is 38.8 Å². The van der Waals surface area contributed by atoms with Gasteiger partial charge in [0.05, 0.1) is 22.8 Å². The first-order valence-corrected chi connectivity index (χ1v) is 17.8. The topological polar surface area (TPSA) is 156 Å². The number of hydrogen-bond donors (Lipinski definition) is 2. The normalized spacial score (nSPS) is 17.1. The Morgan fingerprint density at radius 2 is 1.67 bits per heavy atom. The number of alkyl halides is 3. The fraction of sp³-hybridized carbons (Fsp3) is 0.278. The lowest BCUT2D eigenvalue weighted by atomic mass is 9.78. The minimum Gasteiger partial charge on any atom is -0.477 e. The fourth-order valence-corrected chi connectivity index (χ4v) is 7.57. The predicted molar refractivity (Wildman–Crippen MR) is 184 cm³/mol. The summed E-state index contributed by atoms with van der Waals surface area (Å²) in [5.74, 6) is -1.54. The van der Waals surface area contributed by atoms with Crippen LogP contribution in [0, 0.1) is 19.3 Å². The number of halogens is 3. The smallest absolute Gasteiger partial charge is 0.434 e. The number of aromatic nitrogens is 4. The van der Waals surface area contributed by atoms with Crippen molar-refractivity contribution in [2.24, 2.45) is 5.41 Å². The average Bonchev–Trinajstić information content (AvgIpc) is 3.11. The molecular weight excluding hydrogens is 700 g/mol. The lowest BCUT2D eigenvalue weighted by Crippen LogP contribution is -2.50. The van der Waals surface area contributed by atoms with Crippen molar-refractivity contribution in [2.75, 3.05) is 31.0 Å². The first kappa shape index (κ1) is 34.8. The summed E-state index contributed by atoms with van der Waals surface area (Å²) in [6.45, 7) is 3.95. The summed E-state index contributed by atoms with van der Waals surface area (Å²) in [6, 6.07) is 17.1. The van der Waals surface area contributed by atoms with E-state index in [-0.39, 0.29) is 67.0 Å². The van der Waals surface area contributed by atoms with Gasteiger partial charge in [-0.2, -0.15) is 18.2 Å². The van der Waals surface area contributed by atoms with Crippen LogP contribution in [-0.4, -0.2) is 71.3 Å². The van der Waals surface area contributed by atoms with E-state index < -0.39 is 44.7 Å². The van der Waals surface area contributed by atoms with E-state index in [1.807, 2.05) is 32.0 Å². The lowest BCUT2D eigenvalue weighted by molar-refractivity contribution is -0.141. The number of fused-ring (bicyclic) bond motifs is 5. The van der Waals surface area contributed by atoms with Crippen LogP contribution in [0.4, 0.5) is 19.1 Å². The Morgan fingerprint density at radius 1 is 0.942 bits per heavy atom. The van der Waals surface area contributed by atoms with Gasteiger partial charge < -0.3 is 15.0 Å². The molecule has 2 N–H and O–H groups in total. The van der Waals surface area contributed by atoms with Crippen molar-refractivity contribution in [3.8, 4) is 17.1 Å². The second kappa shape index (κ2) is 13.2. The quantitative estimate of drug-likeness (QED) is 0.237. The highest BCUT2D eigenvalue weighted by molar-refractivity contribution is 7.92. The summed E-state index contributed by atoms with van der Waals surface area (Å²) in [5.41, 5.74) is 0.258. The third-order valence-corrected chi connectivity index (χ3v) is 10.7. The zero-order valence-corrected chi connectivity index (χ0v) is 28.8. The van der Waals surface area contributed by atoms with Crippen LogP contribution in [-0.2, 0) is 16.2 Å². The Labute approximate surface area is 296 Å². The molecule has 12 nitrogen and oxygen atoms in total. The Kier molecular flexibility index (Phi) is 8.80. The maximum Gasteiger partial charge on any atom is 0.434 e. The molecule has 5 aromatic rings. The Balaban J connectivity index is 1.23. The number of rotatable bonds is 2. The maximum atomic E-state index is 14.1. The number of anilines is 1. The molecule has 1 spiro atoms. The minimum absolute atomic E-state index is 0.0260. The van der Waals surface area contributed by atoms with Crippen LogP contribution in [0.5, 0.6) is 5.88 Å². The number of likely N-dealkylation sites (tertiary alicyclic amines) is 1. The molecular formula is C36H32F3N7O5S. The van der Waals surface area contributed by atoms with Gasteiger partial charge in [-0.25, -0.2) is 28.1 Å². The number of hydrogen-bond acceptors (Lipinski definition) is 9. The van der Waals surface area contributed by atoms with E-state index >= 15 is 0 Å². The molecule has 1 fully saturated rings. The number of nitrogens with zero attached hydrogens (tertiary/aromatic N) is 5. The van der Waals surface area contributed by atoms with E-state index in [0.717, 1.165) is 16.7 Å². The van der Waals surface area contributed by atoms with Gasteiger partial charge >= 0.3 is 6.18 Å². The number of ether oxygens (including phenoxy) is 1. The molecule has 0 unspecified atom stereocenters. The van der Waals surface area contributed by atoms with Crippen molar-refractivity contribution in [1.29, 1.82) is 0 Å². The number of benzene rings is 2. The molecule has 0 aliphatic carbocycles. The van der Waals surface area contributed by atoms with E-state index in [2.05, 4.69) is 30.0 Å². The molecule has 3 aromatic heterocycles. The molecule has 268 valence electrons. The third-order valence-electron chi connectivity index (χ3n) is 9.42. The molecule has 7 rings (SSSR count). The van der Waals surface area contributed by atoms with Crippen LogP contribution in [0.15, 0.2) is 77.8 Å². The highest BCUT2D eigenvalue weighted by atomic mass is 32.2. The highest BCUT2D eigenvalue weighted by Gasteiger charge is 2.42. The zero-order valence-electron chi connectivity index (χ0n) is 28.0. The van der Waals surface area contributed by atoms with Gasteiger partial charge in [-0.15, -0.1) is 0 Å². The third kappa shape index (κ3) is 6.85. The zero-order chi connectivity index (χ0) is 36.8. The number of aryl methyl sites for hydroxylation is 2. The van der Waals surface area contributed by atoms with Gasteiger partial charge in [-0.05, 0) is 74.2 Å². The van der Waals surface area contributed by atoms with Crippen molar-refractivity contribution in [3.63, 3.8) is 0 Å². The van der Waals surface area contributed by atoms with Crippen LogP contribution in [0.25, 0.3) is 22.3 Å². The Hall–Kier alpha value is -5.64. The molecule has 2 amide bonds. The molecule has 0 atom stereocenters. The van der Waals surface area contributed by atoms with Gasteiger partial charge in [0.15, 0.2) is 11.3 Å². The van der Waals surface area contributed by atoms with E-state index in [1.165, 1.54) is 47.5 Å². The van der Waals surface area contributed by atoms with Crippen LogP contribution >= 0.6 is 0 Å². The summed E-state index contributed by atoms with van der Waals surface area (Å²) in [6.07, 6.45) is -3.07. The van der Waals surface area contributed by atoms with E-state index in [1.54, 1.807) is 12.1 Å². The average molecular weight is 732 g/mol. The summed E-state index contributed by atoms with van der Waals surface area (Å²) in [4.78, 5) is 44.7. The largest absolute Gasteiger partial charge is 0.477 e. The Morgan fingerprint density at radius 3 is 2.40 bits per heavy atom. The number of nitrogens with one attached hydrogen (secondary N) is 2. The molecule has 2 aliphatic rings. The number of pyridine rings is 2. The predicted octanol–water partition coefficient (Wildman–Crippen LogP) is 5.57. The Bertz CT molecular complexity index is 2330. The number of carbonyl (C=O) groups excluding carboxylic acids is 2. The molecule has 0 radical (unpaired) electrons. The molecule has 2 aromatic carbocycles. The van der Waals surface area contributed by atoms with Gasteiger partial charge in [-0.3, -0.25) is 9.59 Å². The standard InChI is InChI=1S/C36H32F3N7O5S/c1-21-6-3-7-22(2)29(21)27-18-28-43-34(42-27)45-52(49,50)25-10-4-8-24(16-25)32(47)41-19-35(20-51-28)11-14-46(15-12-35)33(48)26-17-23-9-5-13-40-31(23)44-30(26)36(37,38)39/h3-10,13,16-18H,11-12,14-15,19-20H2,1-2H3,(H,41,47)(H,42,43,45). The minimum atomic E-state index is -4.89. The SMILES string of the molecule is Cc1cccc(C)c1-c1cc2nc(n1)NS(=O)(=O)c1cccc(c1)C(=O)NCC1(CCN(C(=O)c3cc4cccnc4nc3C(F)(F)F)CC1)CO2. The number of carbonyl (C=O) groups is 2. The number of amides is 2. The second-order valence-corrected chi connectivity index (χ2v) is 14.7. The maximum absolute atomic E-state index is 14.1. The van der Waals surface area contributed by atoms with Crippen molar-refractivity contribution in [3.05, 3.63) is 101 Å². The summed E-state index contributed by atoms with van der Waals surface area (Å²) >= 11 is 0. The van der Waals surface area contributed by atoms with Gasteiger partial charge in [-0.1, -0.05) is 24.3 Å². The highest BCUT2D eigenvalue weighted by Crippen LogP contribution is 2.37. The lowest BCUT2D eigenvalue weighted by Gasteiger charge is -2.41. The van der Waals surface area contributed by atoms with E-state index in [9.17, 15) is 31.2 Å². The van der Waals surface area contributed by atoms with Gasteiger partial charge in [0, 0.05) is 53.8 Å². The van der Waals surface area contributed by atoms with Crippen LogP contribution < -0.4 is 14.8 Å². The van der Waals surface area contributed by atoms with E-state index in [4.69, 9.17) is 4.74 Å². The van der Waals surface area contributed by atoms with Gasteiger partial charge in [0.1, 0.15) is 0 Å². The first-order chi connectivity index (χ1) is 24.7. The number of sulfonamides is 1. The van der Waals surface area contributed by atoms with Crippen molar-refractivity contribution < 1.29 is 35.9 Å². The molecule has 1 saturated heterocycles. The van der Waals surface area contributed by atoms with Gasteiger partial charge in [0.2, 0.25) is 11.8 Å². The first-order valence-electron chi connectivity index (χ1n) is 16.3. The molecule has 5 heterocycles. The summed E-state index contributed by atoms with van der Waals surface area (Å²) in [5, 5.41) is 3.18.